The van der Waals surface area contributed by atoms with Crippen LogP contribution in [0.2, 0.25) is 0 Å². The van der Waals surface area contributed by atoms with E-state index in [-0.39, 0.29) is 11.8 Å². The molecule has 1 aromatic carbocycles. The summed E-state index contributed by atoms with van der Waals surface area (Å²) in [5, 5.41) is 11.7. The van der Waals surface area contributed by atoms with E-state index in [9.17, 15) is 4.79 Å². The van der Waals surface area contributed by atoms with E-state index in [4.69, 9.17) is 0 Å². The maximum Gasteiger partial charge on any atom is 0.230 e. The Bertz CT molecular complexity index is 666. The van der Waals surface area contributed by atoms with Crippen LogP contribution in [0.15, 0.2) is 18.2 Å². The molecule has 1 aliphatic rings. The van der Waals surface area contributed by atoms with Gasteiger partial charge in [-0.25, -0.2) is 4.68 Å². The molecule has 1 atom stereocenters. The zero-order valence-corrected chi connectivity index (χ0v) is 14.0. The van der Waals surface area contributed by atoms with Crippen molar-refractivity contribution in [2.45, 2.75) is 46.6 Å². The normalized spacial score (nSPS) is 17.4. The van der Waals surface area contributed by atoms with Gasteiger partial charge in [0.15, 0.2) is 5.82 Å². The highest BCUT2D eigenvalue weighted by molar-refractivity contribution is 5.95. The van der Waals surface area contributed by atoms with Crippen LogP contribution in [0.5, 0.6) is 0 Å². The first-order valence-corrected chi connectivity index (χ1v) is 8.23. The van der Waals surface area contributed by atoms with Gasteiger partial charge in [-0.05, 0) is 67.3 Å². The molecule has 0 radical (unpaired) electrons. The van der Waals surface area contributed by atoms with Gasteiger partial charge >= 0.3 is 0 Å². The van der Waals surface area contributed by atoms with Gasteiger partial charge < -0.3 is 4.90 Å². The molecule has 3 rings (SSSR count). The Morgan fingerprint density at radius 2 is 2.00 bits per heavy atom. The highest BCUT2D eigenvalue weighted by Gasteiger charge is 2.27. The van der Waals surface area contributed by atoms with Crippen molar-refractivity contribution in [3.8, 4) is 0 Å². The third-order valence-corrected chi connectivity index (χ3v) is 4.46. The lowest BCUT2D eigenvalue weighted by atomic mass is 9.98. The summed E-state index contributed by atoms with van der Waals surface area (Å²) in [4.78, 5) is 14.9. The van der Waals surface area contributed by atoms with Crippen LogP contribution in [0, 0.1) is 19.8 Å². The van der Waals surface area contributed by atoms with Gasteiger partial charge in [-0.2, -0.15) is 0 Å². The van der Waals surface area contributed by atoms with Gasteiger partial charge in [-0.1, -0.05) is 6.07 Å². The number of anilines is 1. The average Bonchev–Trinajstić information content (AvgIpc) is 2.85. The van der Waals surface area contributed by atoms with Crippen molar-refractivity contribution in [2.75, 3.05) is 11.4 Å². The molecule has 1 aromatic heterocycles. The summed E-state index contributed by atoms with van der Waals surface area (Å²) in [5.74, 6) is 1.10. The molecular weight excluding hydrogens is 290 g/mol. The zero-order valence-electron chi connectivity index (χ0n) is 14.0. The number of carbonyl (C=O) groups is 1. The lowest BCUT2D eigenvalue weighted by Gasteiger charge is -2.26. The number of hydrogen-bond acceptors (Lipinski definition) is 4. The van der Waals surface area contributed by atoms with E-state index in [1.54, 1.807) is 0 Å². The fourth-order valence-electron chi connectivity index (χ4n) is 3.34. The lowest BCUT2D eigenvalue weighted by molar-refractivity contribution is -0.122. The Morgan fingerprint density at radius 3 is 2.70 bits per heavy atom. The molecule has 2 heterocycles. The molecule has 0 fully saturated rings. The van der Waals surface area contributed by atoms with Crippen molar-refractivity contribution >= 4 is 11.6 Å². The van der Waals surface area contributed by atoms with Crippen LogP contribution in [0.4, 0.5) is 5.69 Å². The van der Waals surface area contributed by atoms with Gasteiger partial charge in [0, 0.05) is 31.1 Å². The van der Waals surface area contributed by atoms with Crippen molar-refractivity contribution in [1.82, 2.24) is 20.2 Å². The van der Waals surface area contributed by atoms with Crippen molar-refractivity contribution in [3.63, 3.8) is 0 Å². The highest BCUT2D eigenvalue weighted by Crippen LogP contribution is 2.25. The quantitative estimate of drug-likeness (QED) is 0.872. The minimum Gasteiger partial charge on any atom is -0.312 e. The molecular formula is C17H23N5O. The van der Waals surface area contributed by atoms with Gasteiger partial charge in [0.25, 0.3) is 0 Å². The average molecular weight is 313 g/mol. The fourth-order valence-corrected chi connectivity index (χ4v) is 3.34. The van der Waals surface area contributed by atoms with Gasteiger partial charge in [0.1, 0.15) is 0 Å². The number of amides is 1. The summed E-state index contributed by atoms with van der Waals surface area (Å²) in [5.41, 5.74) is 3.36. The zero-order chi connectivity index (χ0) is 16.4. The molecule has 6 nitrogen and oxygen atoms in total. The Balaban J connectivity index is 1.79. The number of aryl methyl sites for hydroxylation is 4. The second kappa shape index (κ2) is 6.48. The lowest BCUT2D eigenvalue weighted by Crippen LogP contribution is -2.36. The Morgan fingerprint density at radius 1 is 1.26 bits per heavy atom. The van der Waals surface area contributed by atoms with Gasteiger partial charge in [-0.3, -0.25) is 4.79 Å². The monoisotopic (exact) mass is 313 g/mol. The summed E-state index contributed by atoms with van der Waals surface area (Å²) in [6.45, 7) is 7.56. The molecule has 122 valence electrons. The minimum atomic E-state index is 0.0132. The summed E-state index contributed by atoms with van der Waals surface area (Å²) >= 11 is 0. The van der Waals surface area contributed by atoms with Crippen molar-refractivity contribution in [3.05, 3.63) is 35.2 Å². The van der Waals surface area contributed by atoms with E-state index in [1.807, 2.05) is 16.5 Å². The number of fused-ring (bicyclic) bond motifs is 1. The molecule has 0 bridgehead atoms. The minimum absolute atomic E-state index is 0.0132. The number of rotatable bonds is 3. The molecule has 0 N–H and O–H groups in total. The Labute approximate surface area is 136 Å². The number of hydrogen-bond donors (Lipinski definition) is 0. The largest absolute Gasteiger partial charge is 0.312 e. The number of nitrogens with zero attached hydrogens (tertiary/aromatic N) is 5. The van der Waals surface area contributed by atoms with Crippen LogP contribution in [0.3, 0.4) is 0 Å². The first kappa shape index (κ1) is 15.6. The predicted molar refractivity (Wildman–Crippen MR) is 88.2 cm³/mol. The molecule has 1 amide bonds. The molecule has 6 heteroatoms. The van der Waals surface area contributed by atoms with E-state index < -0.39 is 0 Å². The van der Waals surface area contributed by atoms with E-state index >= 15 is 0 Å². The smallest absolute Gasteiger partial charge is 0.230 e. The van der Waals surface area contributed by atoms with Crippen LogP contribution in [0.25, 0.3) is 0 Å². The van der Waals surface area contributed by atoms with Crippen molar-refractivity contribution in [2.24, 2.45) is 5.92 Å². The third-order valence-electron chi connectivity index (χ3n) is 4.46. The number of aromatic nitrogens is 4. The molecule has 0 saturated heterocycles. The van der Waals surface area contributed by atoms with E-state index in [1.165, 1.54) is 11.1 Å². The Kier molecular flexibility index (Phi) is 4.41. The first-order valence-electron chi connectivity index (χ1n) is 8.23. The van der Waals surface area contributed by atoms with E-state index in [0.29, 0.717) is 13.1 Å². The number of tetrazole rings is 1. The van der Waals surface area contributed by atoms with E-state index in [2.05, 4.69) is 47.6 Å². The van der Waals surface area contributed by atoms with Crippen LogP contribution in [-0.2, 0) is 17.8 Å². The summed E-state index contributed by atoms with van der Waals surface area (Å²) in [7, 11) is 0. The molecule has 23 heavy (non-hydrogen) atoms. The highest BCUT2D eigenvalue weighted by atomic mass is 16.2. The molecule has 1 unspecified atom stereocenters. The molecule has 0 aliphatic carbocycles. The van der Waals surface area contributed by atoms with Crippen LogP contribution in [0.1, 0.15) is 36.7 Å². The molecule has 1 aliphatic heterocycles. The molecule has 2 aromatic rings. The van der Waals surface area contributed by atoms with Gasteiger partial charge in [0.2, 0.25) is 5.91 Å². The number of benzene rings is 1. The second-order valence-corrected chi connectivity index (χ2v) is 6.27. The maximum absolute atomic E-state index is 13.0. The fraction of sp³-hybridized carbons (Fsp3) is 0.529. The summed E-state index contributed by atoms with van der Waals surface area (Å²) in [6, 6.07) is 6.30. The summed E-state index contributed by atoms with van der Waals surface area (Å²) in [6.07, 6.45) is 2.35. The SMILES string of the molecule is CCN(C(=O)C1CCc2nnnn2CC1)c1cc(C)cc(C)c1. The standard InChI is InChI=1S/C17H23N5O/c1-4-21(15-10-12(2)9-13(3)11-15)17(23)14-5-6-16-18-19-20-22(16)8-7-14/h9-11,14H,4-8H2,1-3H3. The first-order chi connectivity index (χ1) is 11.1. The summed E-state index contributed by atoms with van der Waals surface area (Å²) < 4.78 is 1.82. The molecule has 0 saturated carbocycles. The number of carbonyl (C=O) groups excluding carboxylic acids is 1. The third kappa shape index (κ3) is 3.25. The maximum atomic E-state index is 13.0. The topological polar surface area (TPSA) is 63.9 Å². The van der Waals surface area contributed by atoms with Crippen LogP contribution < -0.4 is 4.90 Å². The van der Waals surface area contributed by atoms with Gasteiger partial charge in [0.05, 0.1) is 0 Å². The second-order valence-electron chi connectivity index (χ2n) is 6.27. The van der Waals surface area contributed by atoms with Gasteiger partial charge in [-0.15, -0.1) is 5.10 Å². The van der Waals surface area contributed by atoms with Crippen LogP contribution >= 0.6 is 0 Å². The van der Waals surface area contributed by atoms with E-state index in [0.717, 1.165) is 30.8 Å². The van der Waals surface area contributed by atoms with Crippen molar-refractivity contribution in [1.29, 1.82) is 0 Å². The Hall–Kier alpha value is -2.24. The van der Waals surface area contributed by atoms with Crippen molar-refractivity contribution < 1.29 is 4.79 Å². The van der Waals surface area contributed by atoms with Crippen LogP contribution in [-0.4, -0.2) is 32.7 Å². The predicted octanol–water partition coefficient (Wildman–Crippen LogP) is 2.30. The molecule has 0 spiro atoms.